The van der Waals surface area contributed by atoms with E-state index in [4.69, 9.17) is 5.11 Å². The molecule has 0 radical (unpaired) electrons. The lowest BCUT2D eigenvalue weighted by Gasteiger charge is -2.32. The van der Waals surface area contributed by atoms with Gasteiger partial charge in [-0.05, 0) is 38.0 Å². The van der Waals surface area contributed by atoms with E-state index in [0.29, 0.717) is 11.8 Å². The molecule has 2 N–H and O–H groups in total. The van der Waals surface area contributed by atoms with Gasteiger partial charge in [0.25, 0.3) is 0 Å². The van der Waals surface area contributed by atoms with Gasteiger partial charge in [0.05, 0.1) is 0 Å². The van der Waals surface area contributed by atoms with Gasteiger partial charge in [-0.15, -0.1) is 0 Å². The number of amides is 1. The van der Waals surface area contributed by atoms with E-state index < -0.39 is 11.9 Å². The number of carbonyl (C=O) groups is 2. The van der Waals surface area contributed by atoms with Crippen LogP contribution in [0.2, 0.25) is 0 Å². The van der Waals surface area contributed by atoms with Gasteiger partial charge in [-0.2, -0.15) is 0 Å². The van der Waals surface area contributed by atoms with E-state index in [0.717, 1.165) is 19.3 Å². The first-order valence-electron chi connectivity index (χ1n) is 5.95. The maximum absolute atomic E-state index is 11.5. The van der Waals surface area contributed by atoms with E-state index >= 15 is 0 Å². The van der Waals surface area contributed by atoms with Crippen molar-refractivity contribution >= 4 is 11.9 Å². The zero-order chi connectivity index (χ0) is 12.3. The fraction of sp³-hybridized carbons (Fsp3) is 0.833. The fourth-order valence-corrected chi connectivity index (χ4v) is 2.12. The Morgan fingerprint density at radius 3 is 2.38 bits per heavy atom. The highest BCUT2D eigenvalue weighted by molar-refractivity contribution is 5.96. The smallest absolute Gasteiger partial charge is 0.315 e. The molecule has 1 aliphatic rings. The molecule has 0 aromatic carbocycles. The third kappa shape index (κ3) is 3.22. The lowest BCUT2D eigenvalue weighted by Crippen LogP contribution is -2.43. The summed E-state index contributed by atoms with van der Waals surface area (Å²) in [5.41, 5.74) is 0. The third-order valence-corrected chi connectivity index (χ3v) is 3.71. The number of aliphatic carboxylic acids is 1. The van der Waals surface area contributed by atoms with Gasteiger partial charge in [0.2, 0.25) is 5.91 Å². The number of nitrogens with one attached hydrogen (secondary N) is 1. The van der Waals surface area contributed by atoms with Crippen molar-refractivity contribution in [1.82, 2.24) is 5.32 Å². The van der Waals surface area contributed by atoms with Gasteiger partial charge in [-0.1, -0.05) is 13.8 Å². The van der Waals surface area contributed by atoms with Crippen LogP contribution in [0.5, 0.6) is 0 Å². The summed E-state index contributed by atoms with van der Waals surface area (Å²) in [6, 6.07) is 0.153. The largest absolute Gasteiger partial charge is 0.481 e. The molecule has 1 saturated carbocycles. The van der Waals surface area contributed by atoms with Crippen molar-refractivity contribution in [3.8, 4) is 0 Å². The summed E-state index contributed by atoms with van der Waals surface area (Å²) in [6.07, 6.45) is 3.02. The third-order valence-electron chi connectivity index (χ3n) is 3.71. The maximum atomic E-state index is 11.5. The van der Waals surface area contributed by atoms with Crippen LogP contribution in [-0.4, -0.2) is 23.0 Å². The molecule has 1 rings (SSSR count). The average Bonchev–Trinajstić information content (AvgIpc) is 2.22. The SMILES string of the molecule is CC(C(=O)O)C(=O)NC1CCC(C)C(C)C1. The number of carboxylic acid groups (broad SMARTS) is 1. The van der Waals surface area contributed by atoms with Crippen LogP contribution in [0, 0.1) is 17.8 Å². The minimum atomic E-state index is -1.06. The molecule has 0 bridgehead atoms. The van der Waals surface area contributed by atoms with Gasteiger partial charge in [0.1, 0.15) is 5.92 Å². The van der Waals surface area contributed by atoms with Gasteiger partial charge in [-0.3, -0.25) is 9.59 Å². The molecule has 0 saturated heterocycles. The summed E-state index contributed by atoms with van der Waals surface area (Å²) in [6.45, 7) is 5.83. The van der Waals surface area contributed by atoms with E-state index in [1.807, 2.05) is 0 Å². The van der Waals surface area contributed by atoms with Crippen molar-refractivity contribution < 1.29 is 14.7 Å². The maximum Gasteiger partial charge on any atom is 0.315 e. The highest BCUT2D eigenvalue weighted by Gasteiger charge is 2.28. The minimum Gasteiger partial charge on any atom is -0.481 e. The van der Waals surface area contributed by atoms with Gasteiger partial charge >= 0.3 is 5.97 Å². The van der Waals surface area contributed by atoms with Crippen molar-refractivity contribution in [3.05, 3.63) is 0 Å². The second-order valence-electron chi connectivity index (χ2n) is 5.03. The molecule has 4 nitrogen and oxygen atoms in total. The van der Waals surface area contributed by atoms with Gasteiger partial charge in [0.15, 0.2) is 0 Å². The first-order valence-corrected chi connectivity index (χ1v) is 5.95. The summed E-state index contributed by atoms with van der Waals surface area (Å²) < 4.78 is 0. The Morgan fingerprint density at radius 2 is 1.88 bits per heavy atom. The highest BCUT2D eigenvalue weighted by atomic mass is 16.4. The van der Waals surface area contributed by atoms with E-state index in [-0.39, 0.29) is 11.9 Å². The Labute approximate surface area is 96.4 Å². The molecule has 0 aliphatic heterocycles. The van der Waals surface area contributed by atoms with Gasteiger partial charge in [-0.25, -0.2) is 0 Å². The van der Waals surface area contributed by atoms with Crippen LogP contribution in [-0.2, 0) is 9.59 Å². The zero-order valence-corrected chi connectivity index (χ0v) is 10.2. The second-order valence-corrected chi connectivity index (χ2v) is 5.03. The molecule has 4 unspecified atom stereocenters. The first kappa shape index (κ1) is 13.0. The lowest BCUT2D eigenvalue weighted by atomic mass is 9.79. The normalized spacial score (nSPS) is 31.8. The van der Waals surface area contributed by atoms with Crippen LogP contribution in [0.4, 0.5) is 0 Å². The summed E-state index contributed by atoms with van der Waals surface area (Å²) in [5, 5.41) is 11.5. The predicted molar refractivity (Wildman–Crippen MR) is 60.9 cm³/mol. The zero-order valence-electron chi connectivity index (χ0n) is 10.2. The topological polar surface area (TPSA) is 66.4 Å². The molecule has 1 amide bonds. The molecule has 16 heavy (non-hydrogen) atoms. The number of hydrogen-bond acceptors (Lipinski definition) is 2. The molecule has 0 aromatic heterocycles. The molecular formula is C12H21NO3. The van der Waals surface area contributed by atoms with Crippen molar-refractivity contribution in [2.24, 2.45) is 17.8 Å². The van der Waals surface area contributed by atoms with Crippen molar-refractivity contribution in [2.75, 3.05) is 0 Å². The minimum absolute atomic E-state index is 0.153. The van der Waals surface area contributed by atoms with E-state index in [2.05, 4.69) is 19.2 Å². The van der Waals surface area contributed by atoms with Crippen molar-refractivity contribution in [3.63, 3.8) is 0 Å². The fourth-order valence-electron chi connectivity index (χ4n) is 2.12. The number of carbonyl (C=O) groups excluding carboxylic acids is 1. The number of rotatable bonds is 3. The Morgan fingerprint density at radius 1 is 1.25 bits per heavy atom. The summed E-state index contributed by atoms with van der Waals surface area (Å²) >= 11 is 0. The molecule has 1 aliphatic carbocycles. The van der Waals surface area contributed by atoms with E-state index in [1.54, 1.807) is 0 Å². The van der Waals surface area contributed by atoms with Crippen LogP contribution in [0.25, 0.3) is 0 Å². The molecule has 0 aromatic rings. The van der Waals surface area contributed by atoms with Crippen LogP contribution in [0.3, 0.4) is 0 Å². The van der Waals surface area contributed by atoms with Crippen molar-refractivity contribution in [2.45, 2.75) is 46.1 Å². The first-order chi connectivity index (χ1) is 7.41. The molecule has 0 spiro atoms. The Bertz CT molecular complexity index is 277. The average molecular weight is 227 g/mol. The second kappa shape index (κ2) is 5.32. The Balaban J connectivity index is 2.43. The number of carboxylic acids is 1. The Kier molecular flexibility index (Phi) is 4.33. The predicted octanol–water partition coefficient (Wildman–Crippen LogP) is 1.65. The van der Waals surface area contributed by atoms with Crippen molar-refractivity contribution in [1.29, 1.82) is 0 Å². The van der Waals surface area contributed by atoms with Crippen LogP contribution >= 0.6 is 0 Å². The van der Waals surface area contributed by atoms with Crippen LogP contribution in [0.15, 0.2) is 0 Å². The standard InChI is InChI=1S/C12H21NO3/c1-7-4-5-10(6-8(7)2)13-11(14)9(3)12(15)16/h7-10H,4-6H2,1-3H3,(H,13,14)(H,15,16). The van der Waals surface area contributed by atoms with Crippen LogP contribution in [0.1, 0.15) is 40.0 Å². The van der Waals surface area contributed by atoms with E-state index in [9.17, 15) is 9.59 Å². The number of hydrogen-bond donors (Lipinski definition) is 2. The monoisotopic (exact) mass is 227 g/mol. The molecule has 0 heterocycles. The summed E-state index contributed by atoms with van der Waals surface area (Å²) in [5.74, 6) is -1.08. The molecule has 4 atom stereocenters. The lowest BCUT2D eigenvalue weighted by molar-refractivity contribution is -0.146. The van der Waals surface area contributed by atoms with Crippen LogP contribution < -0.4 is 5.32 Å². The molecule has 92 valence electrons. The quantitative estimate of drug-likeness (QED) is 0.720. The Hall–Kier alpha value is -1.06. The molecule has 1 fully saturated rings. The van der Waals surface area contributed by atoms with E-state index in [1.165, 1.54) is 6.92 Å². The molecular weight excluding hydrogens is 206 g/mol. The molecule has 4 heteroatoms. The van der Waals surface area contributed by atoms with Gasteiger partial charge in [0, 0.05) is 6.04 Å². The summed E-state index contributed by atoms with van der Waals surface area (Å²) in [7, 11) is 0. The van der Waals surface area contributed by atoms with Gasteiger partial charge < -0.3 is 10.4 Å². The highest BCUT2D eigenvalue weighted by Crippen LogP contribution is 2.29. The summed E-state index contributed by atoms with van der Waals surface area (Å²) in [4.78, 5) is 22.2.